The van der Waals surface area contributed by atoms with Crippen LogP contribution >= 0.6 is 11.6 Å². The van der Waals surface area contributed by atoms with Crippen LogP contribution in [0.1, 0.15) is 23.2 Å². The Hall–Kier alpha value is -2.60. The maximum absolute atomic E-state index is 12.7. The molecule has 0 N–H and O–H groups in total. The number of nitrogens with zero attached hydrogens (tertiary/aromatic N) is 5. The number of hydrogen-bond donors (Lipinski definition) is 0. The molecule has 2 aromatic heterocycles. The number of hydrogen-bond acceptors (Lipinski definition) is 4. The summed E-state index contributed by atoms with van der Waals surface area (Å²) in [4.78, 5) is 21.6. The van der Waals surface area contributed by atoms with Crippen LogP contribution in [-0.2, 0) is 7.05 Å². The predicted molar refractivity (Wildman–Crippen MR) is 107 cm³/mol. The summed E-state index contributed by atoms with van der Waals surface area (Å²) in [5.41, 5.74) is 1.55. The molecule has 1 saturated heterocycles. The van der Waals surface area contributed by atoms with Gasteiger partial charge in [0.15, 0.2) is 0 Å². The Kier molecular flexibility index (Phi) is 4.74. The summed E-state index contributed by atoms with van der Waals surface area (Å²) < 4.78 is 1.65. The van der Waals surface area contributed by atoms with E-state index in [0.717, 1.165) is 42.7 Å². The predicted octanol–water partition coefficient (Wildman–Crippen LogP) is 3.36. The Morgan fingerprint density at radius 1 is 1.30 bits per heavy atom. The molecule has 0 radical (unpaired) electrons. The Morgan fingerprint density at radius 3 is 2.93 bits per heavy atom. The fourth-order valence-electron chi connectivity index (χ4n) is 3.64. The van der Waals surface area contributed by atoms with Crippen molar-refractivity contribution in [3.8, 4) is 0 Å². The summed E-state index contributed by atoms with van der Waals surface area (Å²) in [7, 11) is 3.69. The van der Waals surface area contributed by atoms with E-state index in [-0.39, 0.29) is 11.9 Å². The second kappa shape index (κ2) is 7.19. The number of aromatic nitrogens is 3. The molecular formula is C20H22ClN5O. The maximum Gasteiger partial charge on any atom is 0.257 e. The minimum Gasteiger partial charge on any atom is -0.355 e. The van der Waals surface area contributed by atoms with Crippen molar-refractivity contribution in [2.24, 2.45) is 7.05 Å². The van der Waals surface area contributed by atoms with Gasteiger partial charge in [-0.05, 0) is 43.2 Å². The van der Waals surface area contributed by atoms with Gasteiger partial charge in [0.2, 0.25) is 0 Å². The van der Waals surface area contributed by atoms with Crippen LogP contribution in [0.5, 0.6) is 0 Å². The molecule has 1 aliphatic rings. The van der Waals surface area contributed by atoms with Crippen molar-refractivity contribution in [3.05, 3.63) is 53.3 Å². The van der Waals surface area contributed by atoms with Gasteiger partial charge in [0.25, 0.3) is 5.91 Å². The lowest BCUT2D eigenvalue weighted by Crippen LogP contribution is -2.48. The van der Waals surface area contributed by atoms with E-state index < -0.39 is 0 Å². The summed E-state index contributed by atoms with van der Waals surface area (Å²) >= 11 is 6.06. The van der Waals surface area contributed by atoms with Gasteiger partial charge in [-0.2, -0.15) is 5.10 Å². The van der Waals surface area contributed by atoms with E-state index in [1.54, 1.807) is 17.1 Å². The summed E-state index contributed by atoms with van der Waals surface area (Å²) in [5, 5.41) is 5.85. The van der Waals surface area contributed by atoms with Gasteiger partial charge in [-0.15, -0.1) is 0 Å². The molecule has 0 spiro atoms. The first-order chi connectivity index (χ1) is 13.0. The zero-order valence-electron chi connectivity index (χ0n) is 15.5. The fraction of sp³-hybridized carbons (Fsp3) is 0.350. The molecule has 1 amide bonds. The fourth-order valence-corrected chi connectivity index (χ4v) is 3.82. The lowest BCUT2D eigenvalue weighted by atomic mass is 10.0. The van der Waals surface area contributed by atoms with Crippen molar-refractivity contribution in [2.75, 3.05) is 25.0 Å². The van der Waals surface area contributed by atoms with Gasteiger partial charge < -0.3 is 9.80 Å². The molecule has 6 nitrogen and oxygen atoms in total. The number of amides is 1. The standard InChI is InChI=1S/C20H22ClN5O/c1-24-12-15(11-22-24)20(27)25(2)17-4-3-9-26(13-17)19-8-5-14-10-16(21)6-7-18(14)23-19/h5-8,10-12,17H,3-4,9,13H2,1-2H3. The second-order valence-corrected chi connectivity index (χ2v) is 7.50. The van der Waals surface area contributed by atoms with E-state index in [2.05, 4.69) is 16.1 Å². The Bertz CT molecular complexity index is 985. The Balaban J connectivity index is 1.52. The monoisotopic (exact) mass is 383 g/mol. The van der Waals surface area contributed by atoms with Crippen LogP contribution in [0.15, 0.2) is 42.7 Å². The van der Waals surface area contributed by atoms with Crippen LogP contribution in [0.2, 0.25) is 5.02 Å². The number of fused-ring (bicyclic) bond motifs is 1. The molecule has 1 fully saturated rings. The average molecular weight is 384 g/mol. The van der Waals surface area contributed by atoms with Crippen LogP contribution < -0.4 is 4.90 Å². The van der Waals surface area contributed by atoms with E-state index in [4.69, 9.17) is 16.6 Å². The molecule has 0 aliphatic carbocycles. The molecule has 0 bridgehead atoms. The van der Waals surface area contributed by atoms with Gasteiger partial charge in [0, 0.05) is 49.8 Å². The first-order valence-corrected chi connectivity index (χ1v) is 9.46. The minimum atomic E-state index is 0.0102. The van der Waals surface area contributed by atoms with Crippen molar-refractivity contribution in [1.82, 2.24) is 19.7 Å². The summed E-state index contributed by atoms with van der Waals surface area (Å²) in [5.74, 6) is 0.952. The molecular weight excluding hydrogens is 362 g/mol. The highest BCUT2D eigenvalue weighted by molar-refractivity contribution is 6.31. The largest absolute Gasteiger partial charge is 0.355 e. The molecule has 1 aromatic carbocycles. The Labute approximate surface area is 163 Å². The number of halogens is 1. The van der Waals surface area contributed by atoms with E-state index in [1.807, 2.05) is 43.3 Å². The topological polar surface area (TPSA) is 54.3 Å². The highest BCUT2D eigenvalue weighted by atomic mass is 35.5. The third kappa shape index (κ3) is 3.62. The first-order valence-electron chi connectivity index (χ1n) is 9.08. The second-order valence-electron chi connectivity index (χ2n) is 7.07. The molecule has 3 heterocycles. The van der Waals surface area contributed by atoms with Crippen LogP contribution in [0.4, 0.5) is 5.82 Å². The molecule has 1 aliphatic heterocycles. The van der Waals surface area contributed by atoms with Gasteiger partial charge >= 0.3 is 0 Å². The van der Waals surface area contributed by atoms with Gasteiger partial charge in [-0.1, -0.05) is 11.6 Å². The zero-order chi connectivity index (χ0) is 19.0. The average Bonchev–Trinajstić information content (AvgIpc) is 3.13. The highest BCUT2D eigenvalue weighted by Crippen LogP contribution is 2.25. The number of benzene rings is 1. The third-order valence-corrected chi connectivity index (χ3v) is 5.41. The van der Waals surface area contributed by atoms with Gasteiger partial charge in [-0.3, -0.25) is 9.48 Å². The smallest absolute Gasteiger partial charge is 0.257 e. The van der Waals surface area contributed by atoms with Crippen molar-refractivity contribution in [2.45, 2.75) is 18.9 Å². The van der Waals surface area contributed by atoms with E-state index in [9.17, 15) is 4.79 Å². The SMILES string of the molecule is CN(C(=O)c1cnn(C)c1)C1CCCN(c2ccc3cc(Cl)ccc3n2)C1. The molecule has 1 unspecified atom stereocenters. The number of piperidine rings is 1. The van der Waals surface area contributed by atoms with Gasteiger partial charge in [0.1, 0.15) is 5.82 Å². The Morgan fingerprint density at radius 2 is 2.15 bits per heavy atom. The molecule has 0 saturated carbocycles. The lowest BCUT2D eigenvalue weighted by Gasteiger charge is -2.38. The molecule has 3 aromatic rings. The van der Waals surface area contributed by atoms with Crippen LogP contribution in [0.3, 0.4) is 0 Å². The first kappa shape index (κ1) is 17.8. The lowest BCUT2D eigenvalue weighted by molar-refractivity contribution is 0.0717. The quantitative estimate of drug-likeness (QED) is 0.695. The van der Waals surface area contributed by atoms with E-state index in [0.29, 0.717) is 10.6 Å². The number of likely N-dealkylation sites (N-methyl/N-ethyl adjacent to an activating group) is 1. The summed E-state index contributed by atoms with van der Waals surface area (Å²) in [6.45, 7) is 1.71. The van der Waals surface area contributed by atoms with Crippen LogP contribution in [0.25, 0.3) is 10.9 Å². The van der Waals surface area contributed by atoms with Crippen molar-refractivity contribution < 1.29 is 4.79 Å². The normalized spacial score (nSPS) is 17.3. The van der Waals surface area contributed by atoms with Crippen LogP contribution in [-0.4, -0.2) is 51.8 Å². The highest BCUT2D eigenvalue weighted by Gasteiger charge is 2.28. The van der Waals surface area contributed by atoms with Crippen molar-refractivity contribution >= 4 is 34.2 Å². The number of aryl methyl sites for hydroxylation is 1. The minimum absolute atomic E-state index is 0.0102. The van der Waals surface area contributed by atoms with Gasteiger partial charge in [-0.25, -0.2) is 4.98 Å². The molecule has 4 rings (SSSR count). The summed E-state index contributed by atoms with van der Waals surface area (Å²) in [6.07, 6.45) is 5.39. The number of carbonyl (C=O) groups excluding carboxylic acids is 1. The van der Waals surface area contributed by atoms with E-state index in [1.165, 1.54) is 0 Å². The van der Waals surface area contributed by atoms with Crippen LogP contribution in [0, 0.1) is 0 Å². The van der Waals surface area contributed by atoms with E-state index >= 15 is 0 Å². The molecule has 140 valence electrons. The molecule has 27 heavy (non-hydrogen) atoms. The molecule has 1 atom stereocenters. The maximum atomic E-state index is 12.7. The van der Waals surface area contributed by atoms with Crippen molar-refractivity contribution in [3.63, 3.8) is 0 Å². The number of anilines is 1. The van der Waals surface area contributed by atoms with Gasteiger partial charge in [0.05, 0.1) is 17.3 Å². The number of rotatable bonds is 3. The third-order valence-electron chi connectivity index (χ3n) is 5.18. The number of carbonyl (C=O) groups is 1. The van der Waals surface area contributed by atoms with Crippen molar-refractivity contribution in [1.29, 1.82) is 0 Å². The summed E-state index contributed by atoms with van der Waals surface area (Å²) in [6, 6.07) is 9.96. The molecule has 7 heteroatoms. The number of pyridine rings is 1. The zero-order valence-corrected chi connectivity index (χ0v) is 16.2.